The summed E-state index contributed by atoms with van der Waals surface area (Å²) in [6, 6.07) is 9.80. The average Bonchev–Trinajstić information content (AvgIpc) is 2.49. The molecule has 0 saturated carbocycles. The van der Waals surface area contributed by atoms with Crippen molar-refractivity contribution in [3.8, 4) is 17.2 Å². The molecule has 0 fully saturated rings. The molecule has 0 radical (unpaired) electrons. The van der Waals surface area contributed by atoms with Crippen LogP contribution in [0.2, 0.25) is 0 Å². The summed E-state index contributed by atoms with van der Waals surface area (Å²) < 4.78 is 40.5. The lowest BCUT2D eigenvalue weighted by molar-refractivity contribution is 0.388. The van der Waals surface area contributed by atoms with Gasteiger partial charge in [-0.25, -0.2) is 0 Å². The number of ether oxygens (including phenoxy) is 2. The maximum absolute atomic E-state index is 12.5. The van der Waals surface area contributed by atoms with Crippen LogP contribution in [0.1, 0.15) is 11.1 Å². The first-order valence-corrected chi connectivity index (χ1v) is 8.02. The normalized spacial score (nSPS) is 11.1. The molecule has 0 aliphatic heterocycles. The lowest BCUT2D eigenvalue weighted by Gasteiger charge is -2.13. The predicted molar refractivity (Wildman–Crippen MR) is 83.3 cm³/mol. The number of aryl methyl sites for hydroxylation is 2. The number of hydrogen-bond donors (Lipinski definition) is 0. The Kier molecular flexibility index (Phi) is 4.61. The van der Waals surface area contributed by atoms with Crippen LogP contribution in [-0.4, -0.2) is 22.6 Å². The minimum Gasteiger partial charge on any atom is -0.497 e. The molecule has 0 bridgehead atoms. The third-order valence-electron chi connectivity index (χ3n) is 3.17. The van der Waals surface area contributed by atoms with E-state index >= 15 is 0 Å². The Balaban J connectivity index is 2.46. The lowest BCUT2D eigenvalue weighted by atomic mass is 10.1. The molecule has 0 aliphatic carbocycles. The van der Waals surface area contributed by atoms with Gasteiger partial charge in [-0.15, -0.1) is 0 Å². The van der Waals surface area contributed by atoms with E-state index in [0.717, 1.165) is 11.1 Å². The molecule has 22 heavy (non-hydrogen) atoms. The quantitative estimate of drug-likeness (QED) is 0.792. The third kappa shape index (κ3) is 3.33. The van der Waals surface area contributed by atoms with Crippen LogP contribution < -0.4 is 13.7 Å². The Hall–Kier alpha value is -2.21. The first-order chi connectivity index (χ1) is 10.4. The van der Waals surface area contributed by atoms with E-state index in [1.165, 1.54) is 26.4 Å². The van der Waals surface area contributed by atoms with E-state index < -0.39 is 10.1 Å². The van der Waals surface area contributed by atoms with E-state index in [1.807, 2.05) is 13.0 Å². The zero-order chi connectivity index (χ0) is 16.3. The van der Waals surface area contributed by atoms with Crippen LogP contribution in [0, 0.1) is 13.8 Å². The molecule has 5 nitrogen and oxygen atoms in total. The van der Waals surface area contributed by atoms with Crippen molar-refractivity contribution in [1.82, 2.24) is 0 Å². The molecular formula is C16H18O5S. The third-order valence-corrected chi connectivity index (χ3v) is 4.43. The fourth-order valence-electron chi connectivity index (χ4n) is 2.04. The Morgan fingerprint density at radius 1 is 0.864 bits per heavy atom. The summed E-state index contributed by atoms with van der Waals surface area (Å²) in [5.74, 6) is 0.893. The number of hydrogen-bond acceptors (Lipinski definition) is 5. The van der Waals surface area contributed by atoms with Gasteiger partial charge in [-0.05, 0) is 37.6 Å². The van der Waals surface area contributed by atoms with Gasteiger partial charge in [0.15, 0.2) is 4.90 Å². The topological polar surface area (TPSA) is 61.8 Å². The summed E-state index contributed by atoms with van der Waals surface area (Å²) in [5, 5.41) is 0. The van der Waals surface area contributed by atoms with Crippen molar-refractivity contribution < 1.29 is 22.1 Å². The molecule has 6 heteroatoms. The van der Waals surface area contributed by atoms with Gasteiger partial charge in [-0.1, -0.05) is 17.7 Å². The highest BCUT2D eigenvalue weighted by Gasteiger charge is 2.23. The van der Waals surface area contributed by atoms with E-state index in [4.69, 9.17) is 13.7 Å². The maximum Gasteiger partial charge on any atom is 0.343 e. The second-order valence-electron chi connectivity index (χ2n) is 4.82. The average molecular weight is 322 g/mol. The van der Waals surface area contributed by atoms with Crippen LogP contribution in [0.3, 0.4) is 0 Å². The molecule has 0 unspecified atom stereocenters. The van der Waals surface area contributed by atoms with Crippen molar-refractivity contribution in [3.63, 3.8) is 0 Å². The van der Waals surface area contributed by atoms with Gasteiger partial charge >= 0.3 is 10.1 Å². The first kappa shape index (κ1) is 16.2. The Labute approximate surface area is 130 Å². The molecule has 2 aromatic rings. The fraction of sp³-hybridized carbons (Fsp3) is 0.250. The molecule has 0 atom stereocenters. The van der Waals surface area contributed by atoms with Crippen molar-refractivity contribution in [1.29, 1.82) is 0 Å². The fourth-order valence-corrected chi connectivity index (χ4v) is 3.21. The Bertz CT molecular complexity index is 781. The zero-order valence-corrected chi connectivity index (χ0v) is 13.7. The highest BCUT2D eigenvalue weighted by Crippen LogP contribution is 2.31. The summed E-state index contributed by atoms with van der Waals surface area (Å²) in [5.41, 5.74) is 1.77. The van der Waals surface area contributed by atoms with Gasteiger partial charge in [0, 0.05) is 6.07 Å². The molecular weight excluding hydrogens is 304 g/mol. The summed E-state index contributed by atoms with van der Waals surface area (Å²) in [6.45, 7) is 3.72. The van der Waals surface area contributed by atoms with Crippen molar-refractivity contribution in [3.05, 3.63) is 47.5 Å². The van der Waals surface area contributed by atoms with Gasteiger partial charge in [-0.3, -0.25) is 0 Å². The summed E-state index contributed by atoms with van der Waals surface area (Å²) in [6.07, 6.45) is 0. The van der Waals surface area contributed by atoms with Crippen LogP contribution in [0.15, 0.2) is 41.3 Å². The largest absolute Gasteiger partial charge is 0.497 e. The van der Waals surface area contributed by atoms with Gasteiger partial charge in [0.1, 0.15) is 17.2 Å². The summed E-state index contributed by atoms with van der Waals surface area (Å²) in [7, 11) is -1.17. The first-order valence-electron chi connectivity index (χ1n) is 6.61. The number of rotatable bonds is 5. The van der Waals surface area contributed by atoms with Crippen LogP contribution in [0.5, 0.6) is 17.2 Å². The number of methoxy groups -OCH3 is 2. The van der Waals surface area contributed by atoms with Crippen LogP contribution in [-0.2, 0) is 10.1 Å². The van der Waals surface area contributed by atoms with E-state index in [-0.39, 0.29) is 16.4 Å². The molecule has 0 aliphatic rings. The van der Waals surface area contributed by atoms with Crippen molar-refractivity contribution >= 4 is 10.1 Å². The summed E-state index contributed by atoms with van der Waals surface area (Å²) >= 11 is 0. The second-order valence-corrected chi connectivity index (χ2v) is 6.34. The molecule has 118 valence electrons. The number of benzene rings is 2. The zero-order valence-electron chi connectivity index (χ0n) is 12.9. The van der Waals surface area contributed by atoms with Crippen molar-refractivity contribution in [2.24, 2.45) is 0 Å². The Morgan fingerprint density at radius 2 is 1.55 bits per heavy atom. The molecule has 2 rings (SSSR count). The van der Waals surface area contributed by atoms with Crippen LogP contribution in [0.4, 0.5) is 0 Å². The van der Waals surface area contributed by atoms with Crippen LogP contribution >= 0.6 is 0 Å². The maximum atomic E-state index is 12.5. The molecule has 0 heterocycles. The minimum atomic E-state index is -4.03. The molecule has 0 N–H and O–H groups in total. The molecule has 0 aromatic heterocycles. The summed E-state index contributed by atoms with van der Waals surface area (Å²) in [4.78, 5) is -0.0747. The molecule has 0 amide bonds. The van der Waals surface area contributed by atoms with Crippen LogP contribution in [0.25, 0.3) is 0 Å². The standard InChI is InChI=1S/C16H18O5S/c1-11-5-7-14(12(2)9-11)21-22(17,18)16-10-13(19-3)6-8-15(16)20-4/h5-10H,1-4H3. The lowest BCUT2D eigenvalue weighted by Crippen LogP contribution is -2.12. The second kappa shape index (κ2) is 6.27. The minimum absolute atomic E-state index is 0.0747. The van der Waals surface area contributed by atoms with Crippen molar-refractivity contribution in [2.75, 3.05) is 14.2 Å². The van der Waals surface area contributed by atoms with E-state index in [9.17, 15) is 8.42 Å². The predicted octanol–water partition coefficient (Wildman–Crippen LogP) is 3.09. The Morgan fingerprint density at radius 3 is 2.14 bits per heavy atom. The van der Waals surface area contributed by atoms with E-state index in [0.29, 0.717) is 5.75 Å². The van der Waals surface area contributed by atoms with Gasteiger partial charge in [-0.2, -0.15) is 8.42 Å². The highest BCUT2D eigenvalue weighted by molar-refractivity contribution is 7.87. The molecule has 0 spiro atoms. The molecule has 0 saturated heterocycles. The van der Waals surface area contributed by atoms with Gasteiger partial charge in [0.05, 0.1) is 14.2 Å². The van der Waals surface area contributed by atoms with Gasteiger partial charge in [0.25, 0.3) is 0 Å². The van der Waals surface area contributed by atoms with Gasteiger partial charge < -0.3 is 13.7 Å². The molecule has 2 aromatic carbocycles. The van der Waals surface area contributed by atoms with Crippen molar-refractivity contribution in [2.45, 2.75) is 18.7 Å². The van der Waals surface area contributed by atoms with Gasteiger partial charge in [0.2, 0.25) is 0 Å². The van der Waals surface area contributed by atoms with E-state index in [1.54, 1.807) is 25.1 Å². The highest BCUT2D eigenvalue weighted by atomic mass is 32.2. The smallest absolute Gasteiger partial charge is 0.343 e. The monoisotopic (exact) mass is 322 g/mol. The SMILES string of the molecule is COc1ccc(OC)c(S(=O)(=O)Oc2ccc(C)cc2C)c1. The van der Waals surface area contributed by atoms with E-state index in [2.05, 4.69) is 0 Å².